The molecule has 0 aromatic rings. The first-order chi connectivity index (χ1) is 3.27. The second-order valence-electron chi connectivity index (χ2n) is 0.943. The van der Waals surface area contributed by atoms with Crippen LogP contribution in [-0.2, 0) is 4.52 Å². The summed E-state index contributed by atoms with van der Waals surface area (Å²) in [7, 11) is -0.719. The molecule has 0 spiro atoms. The molecule has 1 nitrogen and oxygen atoms in total. The minimum Gasteiger partial charge on any atom is -0.342 e. The Bertz CT molecular complexity index is 41.9. The zero-order valence-corrected chi connectivity index (χ0v) is 6.43. The summed E-state index contributed by atoms with van der Waals surface area (Å²) in [6, 6.07) is 0. The van der Waals surface area contributed by atoms with Crippen molar-refractivity contribution in [1.82, 2.24) is 0 Å². The van der Waals surface area contributed by atoms with Gasteiger partial charge in [-0.3, -0.25) is 0 Å². The lowest BCUT2D eigenvalue weighted by molar-refractivity contribution is 0.391. The van der Waals surface area contributed by atoms with Gasteiger partial charge in [-0.2, -0.15) is 0 Å². The Morgan fingerprint density at radius 1 is 1.71 bits per heavy atom. The maximum atomic E-state index is 5.44. The molecule has 0 saturated heterocycles. The van der Waals surface area contributed by atoms with Crippen LogP contribution in [0.25, 0.3) is 0 Å². The Kier molecular flexibility index (Phi) is 5.82. The Morgan fingerprint density at radius 2 is 2.29 bits per heavy atom. The molecule has 0 N–H and O–H groups in total. The van der Waals surface area contributed by atoms with Gasteiger partial charge in [-0.15, -0.1) is 11.6 Å². The molecule has 0 rings (SSSR count). The first-order valence-electron chi connectivity index (χ1n) is 1.85. The molecule has 0 aromatic heterocycles. The maximum Gasteiger partial charge on any atom is 0.121 e. The lowest BCUT2D eigenvalue weighted by Gasteiger charge is -1.99. The van der Waals surface area contributed by atoms with Crippen molar-refractivity contribution >= 4 is 30.3 Å². The van der Waals surface area contributed by atoms with Gasteiger partial charge in [-0.1, -0.05) is 11.2 Å². The Morgan fingerprint density at radius 3 is 2.43 bits per heavy atom. The fraction of sp³-hybridized carbons (Fsp3) is 1.00. The summed E-state index contributed by atoms with van der Waals surface area (Å²) in [6.45, 7) is 2.39. The molecule has 0 aliphatic carbocycles. The molecule has 0 heterocycles. The highest BCUT2D eigenvalue weighted by Gasteiger charge is 1.91. The van der Waals surface area contributed by atoms with E-state index in [0.717, 1.165) is 0 Å². The van der Waals surface area contributed by atoms with Crippen molar-refractivity contribution in [1.29, 1.82) is 0 Å². The summed E-state index contributed by atoms with van der Waals surface area (Å²) in [6.07, 6.45) is 0. The lowest BCUT2D eigenvalue weighted by Crippen LogP contribution is -1.84. The van der Waals surface area contributed by atoms with E-state index in [1.54, 1.807) is 0 Å². The van der Waals surface area contributed by atoms with E-state index in [2.05, 4.69) is 0 Å². The summed E-state index contributed by atoms with van der Waals surface area (Å²) in [5.74, 6) is 0.527. The highest BCUT2D eigenvalue weighted by atomic mass is 35.7. The quantitative estimate of drug-likeness (QED) is 0.456. The van der Waals surface area contributed by atoms with Crippen molar-refractivity contribution in [3.8, 4) is 0 Å². The van der Waals surface area contributed by atoms with E-state index in [0.29, 0.717) is 12.5 Å². The average molecular weight is 161 g/mol. The van der Waals surface area contributed by atoms with Crippen LogP contribution in [0.2, 0.25) is 0 Å². The van der Waals surface area contributed by atoms with Gasteiger partial charge < -0.3 is 4.52 Å². The minimum absolute atomic E-state index is 0.527. The fourth-order valence-electron chi connectivity index (χ4n) is 0.160. The average Bonchev–Trinajstić information content (AvgIpc) is 1.61. The van der Waals surface area contributed by atoms with E-state index in [-0.39, 0.29) is 0 Å². The van der Waals surface area contributed by atoms with Crippen LogP contribution in [0.1, 0.15) is 0 Å². The second kappa shape index (κ2) is 5.11. The van der Waals surface area contributed by atoms with Crippen LogP contribution < -0.4 is 0 Å². The third kappa shape index (κ3) is 6.97. The SMILES string of the molecule is CP(Cl)OCCCl. The molecule has 0 saturated carbocycles. The van der Waals surface area contributed by atoms with Gasteiger partial charge in [0.05, 0.1) is 6.61 Å². The summed E-state index contributed by atoms with van der Waals surface area (Å²) < 4.78 is 4.89. The van der Waals surface area contributed by atoms with Crippen molar-refractivity contribution in [3.63, 3.8) is 0 Å². The molecule has 0 radical (unpaired) electrons. The summed E-state index contributed by atoms with van der Waals surface area (Å²) in [5, 5.41) is 0. The zero-order valence-electron chi connectivity index (χ0n) is 4.03. The van der Waals surface area contributed by atoms with Crippen LogP contribution in [0.15, 0.2) is 0 Å². The molecule has 7 heavy (non-hydrogen) atoms. The molecular weight excluding hydrogens is 154 g/mol. The smallest absolute Gasteiger partial charge is 0.121 e. The molecule has 0 bridgehead atoms. The topological polar surface area (TPSA) is 9.23 Å². The van der Waals surface area contributed by atoms with Gasteiger partial charge in [0.25, 0.3) is 0 Å². The van der Waals surface area contributed by atoms with E-state index in [4.69, 9.17) is 27.4 Å². The van der Waals surface area contributed by atoms with Crippen LogP contribution in [-0.4, -0.2) is 19.2 Å². The molecular formula is C3H7Cl2OP. The first kappa shape index (κ1) is 7.97. The monoisotopic (exact) mass is 160 g/mol. The molecule has 0 amide bonds. The molecule has 44 valence electrons. The van der Waals surface area contributed by atoms with Crippen molar-refractivity contribution in [2.45, 2.75) is 0 Å². The van der Waals surface area contributed by atoms with E-state index in [1.807, 2.05) is 6.66 Å². The number of hydrogen-bond acceptors (Lipinski definition) is 1. The van der Waals surface area contributed by atoms with E-state index >= 15 is 0 Å². The highest BCUT2D eigenvalue weighted by Crippen LogP contribution is 2.36. The van der Waals surface area contributed by atoms with Gasteiger partial charge in [-0.05, 0) is 6.66 Å². The van der Waals surface area contributed by atoms with Crippen LogP contribution in [0.3, 0.4) is 0 Å². The van der Waals surface area contributed by atoms with E-state index in [9.17, 15) is 0 Å². The van der Waals surface area contributed by atoms with Gasteiger partial charge in [-0.25, -0.2) is 0 Å². The van der Waals surface area contributed by atoms with Crippen molar-refractivity contribution in [3.05, 3.63) is 0 Å². The van der Waals surface area contributed by atoms with Crippen molar-refractivity contribution in [2.24, 2.45) is 0 Å². The zero-order chi connectivity index (χ0) is 5.70. The van der Waals surface area contributed by atoms with E-state index < -0.39 is 7.50 Å². The molecule has 1 unspecified atom stereocenters. The Hall–Kier alpha value is 0.970. The first-order valence-corrected chi connectivity index (χ1v) is 5.00. The molecule has 0 aliphatic rings. The maximum absolute atomic E-state index is 5.44. The van der Waals surface area contributed by atoms with Crippen LogP contribution in [0.4, 0.5) is 0 Å². The predicted molar refractivity (Wildman–Crippen MR) is 35.4 cm³/mol. The van der Waals surface area contributed by atoms with Gasteiger partial charge >= 0.3 is 0 Å². The number of alkyl halides is 1. The van der Waals surface area contributed by atoms with Crippen molar-refractivity contribution in [2.75, 3.05) is 19.2 Å². The third-order valence-corrected chi connectivity index (χ3v) is 1.33. The Labute approximate surface area is 54.6 Å². The van der Waals surface area contributed by atoms with Gasteiger partial charge in [0.1, 0.15) is 7.50 Å². The normalized spacial score (nSPS) is 14.1. The van der Waals surface area contributed by atoms with Crippen LogP contribution in [0.5, 0.6) is 0 Å². The standard InChI is InChI=1S/C3H7Cl2OP/c1-7(5)6-3-2-4/h2-3H2,1H3. The van der Waals surface area contributed by atoms with E-state index in [1.165, 1.54) is 0 Å². The second-order valence-corrected chi connectivity index (χ2v) is 3.85. The molecule has 1 atom stereocenters. The predicted octanol–water partition coefficient (Wildman–Crippen LogP) is 2.42. The summed E-state index contributed by atoms with van der Waals surface area (Å²) in [4.78, 5) is 0. The Balaban J connectivity index is 2.68. The summed E-state index contributed by atoms with van der Waals surface area (Å²) in [5.41, 5.74) is 0. The lowest BCUT2D eigenvalue weighted by atomic mass is 10.9. The number of rotatable bonds is 3. The minimum atomic E-state index is -0.719. The van der Waals surface area contributed by atoms with Gasteiger partial charge in [0.15, 0.2) is 0 Å². The number of halogens is 2. The van der Waals surface area contributed by atoms with Crippen LogP contribution >= 0.6 is 30.3 Å². The van der Waals surface area contributed by atoms with Gasteiger partial charge in [0, 0.05) is 5.88 Å². The van der Waals surface area contributed by atoms with Crippen LogP contribution in [0, 0.1) is 0 Å². The fourth-order valence-corrected chi connectivity index (χ4v) is 0.895. The molecule has 0 aromatic carbocycles. The third-order valence-electron chi connectivity index (χ3n) is 0.346. The highest BCUT2D eigenvalue weighted by molar-refractivity contribution is 7.79. The largest absolute Gasteiger partial charge is 0.342 e. The van der Waals surface area contributed by atoms with Crippen molar-refractivity contribution < 1.29 is 4.52 Å². The number of hydrogen-bond donors (Lipinski definition) is 0. The van der Waals surface area contributed by atoms with Gasteiger partial charge in [0.2, 0.25) is 0 Å². The molecule has 0 fully saturated rings. The summed E-state index contributed by atoms with van der Waals surface area (Å²) >= 11 is 10.7. The molecule has 4 heteroatoms. The molecule has 0 aliphatic heterocycles.